The third-order valence-corrected chi connectivity index (χ3v) is 4.26. The van der Waals surface area contributed by atoms with Gasteiger partial charge in [-0.2, -0.15) is 5.10 Å². The highest BCUT2D eigenvalue weighted by Gasteiger charge is 2.28. The maximum Gasteiger partial charge on any atom is 0.0925 e. The number of hydrogen-bond acceptors (Lipinski definition) is 3. The molecule has 1 aliphatic heterocycles. The van der Waals surface area contributed by atoms with Crippen LogP contribution >= 0.6 is 0 Å². The summed E-state index contributed by atoms with van der Waals surface area (Å²) < 4.78 is 1.86. The molecule has 1 aromatic carbocycles. The van der Waals surface area contributed by atoms with Crippen LogP contribution in [-0.4, -0.2) is 31.2 Å². The Morgan fingerprint density at radius 2 is 2.09 bits per heavy atom. The normalized spacial score (nSPS) is 18.3. The van der Waals surface area contributed by atoms with Crippen molar-refractivity contribution < 1.29 is 0 Å². The number of benzene rings is 1. The molecule has 2 aromatic heterocycles. The summed E-state index contributed by atoms with van der Waals surface area (Å²) >= 11 is 0. The molecule has 0 saturated carbocycles. The minimum absolute atomic E-state index is 0.319. The molecule has 3 heterocycles. The fraction of sp³-hybridized carbons (Fsp3) is 0.294. The number of fused-ring (bicyclic) bond motifs is 1. The van der Waals surface area contributed by atoms with Gasteiger partial charge in [-0.25, -0.2) is 4.98 Å². The summed E-state index contributed by atoms with van der Waals surface area (Å²) in [5.74, 6) is 0.319. The fourth-order valence-corrected chi connectivity index (χ4v) is 3.24. The van der Waals surface area contributed by atoms with E-state index >= 15 is 0 Å². The van der Waals surface area contributed by atoms with Crippen molar-refractivity contribution in [3.8, 4) is 0 Å². The van der Waals surface area contributed by atoms with Crippen LogP contribution in [0.2, 0.25) is 0 Å². The number of H-pyrrole nitrogens is 1. The van der Waals surface area contributed by atoms with Crippen LogP contribution in [0.25, 0.3) is 0 Å². The lowest BCUT2D eigenvalue weighted by Gasteiger charge is -2.31. The van der Waals surface area contributed by atoms with Gasteiger partial charge in [0.15, 0.2) is 0 Å². The van der Waals surface area contributed by atoms with Crippen molar-refractivity contribution in [2.75, 3.05) is 6.54 Å². The summed E-state index contributed by atoms with van der Waals surface area (Å²) in [7, 11) is 1.96. The molecule has 22 heavy (non-hydrogen) atoms. The number of aromatic amines is 1. The first kappa shape index (κ1) is 13.3. The summed E-state index contributed by atoms with van der Waals surface area (Å²) in [4.78, 5) is 10.3. The van der Waals surface area contributed by atoms with E-state index in [1.165, 1.54) is 17.0 Å². The van der Waals surface area contributed by atoms with Gasteiger partial charge in [0.05, 0.1) is 23.4 Å². The van der Waals surface area contributed by atoms with Crippen LogP contribution in [0, 0.1) is 0 Å². The first-order chi connectivity index (χ1) is 10.8. The van der Waals surface area contributed by atoms with E-state index in [2.05, 4.69) is 56.4 Å². The van der Waals surface area contributed by atoms with E-state index in [9.17, 15) is 0 Å². The molecule has 5 nitrogen and oxygen atoms in total. The number of hydrogen-bond donors (Lipinski definition) is 1. The average molecular weight is 293 g/mol. The largest absolute Gasteiger partial charge is 0.347 e. The fourth-order valence-electron chi connectivity index (χ4n) is 3.24. The van der Waals surface area contributed by atoms with Gasteiger partial charge in [-0.15, -0.1) is 0 Å². The molecule has 0 saturated heterocycles. The maximum atomic E-state index is 4.56. The first-order valence-electron chi connectivity index (χ1n) is 7.57. The zero-order valence-corrected chi connectivity index (χ0v) is 12.6. The van der Waals surface area contributed by atoms with Crippen LogP contribution in [0.5, 0.6) is 0 Å². The second kappa shape index (κ2) is 5.42. The second-order valence-corrected chi connectivity index (χ2v) is 5.88. The van der Waals surface area contributed by atoms with Crippen LogP contribution in [-0.2, 0) is 20.1 Å². The molecule has 0 bridgehead atoms. The molecule has 4 rings (SSSR count). The minimum Gasteiger partial charge on any atom is -0.347 e. The Labute approximate surface area is 129 Å². The number of imidazole rings is 1. The Hall–Kier alpha value is -2.40. The Bertz CT molecular complexity index is 758. The lowest BCUT2D eigenvalue weighted by Crippen LogP contribution is -2.34. The topological polar surface area (TPSA) is 49.7 Å². The Balaban J connectivity index is 1.62. The van der Waals surface area contributed by atoms with Crippen molar-refractivity contribution >= 4 is 0 Å². The molecule has 1 atom stereocenters. The summed E-state index contributed by atoms with van der Waals surface area (Å²) in [6.45, 7) is 2.73. The summed E-state index contributed by atoms with van der Waals surface area (Å²) in [5.41, 5.74) is 4.83. The van der Waals surface area contributed by atoms with Gasteiger partial charge in [-0.3, -0.25) is 9.58 Å². The number of nitrogens with zero attached hydrogens (tertiary/aromatic N) is 4. The molecule has 112 valence electrons. The predicted molar refractivity (Wildman–Crippen MR) is 84.2 cm³/mol. The standard InChI is InChI=1S/C17H19N5/c1-21-8-7-14(20-21)9-22-10-15(13-5-3-2-4-6-13)17-16(11-22)18-12-19-17/h2-8,12,15H,9-11H2,1H3,(H,18,19). The van der Waals surface area contributed by atoms with E-state index in [-0.39, 0.29) is 0 Å². The van der Waals surface area contributed by atoms with Crippen LogP contribution in [0.3, 0.4) is 0 Å². The molecular formula is C17H19N5. The lowest BCUT2D eigenvalue weighted by molar-refractivity contribution is 0.224. The molecule has 0 fully saturated rings. The number of nitrogens with one attached hydrogen (secondary N) is 1. The number of rotatable bonds is 3. The molecule has 1 unspecified atom stereocenters. The maximum absolute atomic E-state index is 4.56. The Kier molecular flexibility index (Phi) is 3.27. The van der Waals surface area contributed by atoms with Gasteiger partial charge in [0, 0.05) is 38.8 Å². The molecule has 3 aromatic rings. The van der Waals surface area contributed by atoms with E-state index in [4.69, 9.17) is 0 Å². The van der Waals surface area contributed by atoms with Crippen LogP contribution in [0.4, 0.5) is 0 Å². The number of aryl methyl sites for hydroxylation is 1. The van der Waals surface area contributed by atoms with E-state index < -0.39 is 0 Å². The highest BCUT2D eigenvalue weighted by atomic mass is 15.3. The van der Waals surface area contributed by atoms with Gasteiger partial charge in [-0.05, 0) is 11.6 Å². The molecule has 0 spiro atoms. The molecule has 1 aliphatic rings. The first-order valence-corrected chi connectivity index (χ1v) is 7.57. The van der Waals surface area contributed by atoms with Crippen molar-refractivity contribution in [2.45, 2.75) is 19.0 Å². The molecule has 0 amide bonds. The lowest BCUT2D eigenvalue weighted by atomic mass is 9.91. The van der Waals surface area contributed by atoms with Crippen LogP contribution < -0.4 is 0 Å². The summed E-state index contributed by atoms with van der Waals surface area (Å²) in [5, 5.41) is 4.50. The Morgan fingerprint density at radius 1 is 1.23 bits per heavy atom. The number of aromatic nitrogens is 4. The quantitative estimate of drug-likeness (QED) is 0.806. The molecular weight excluding hydrogens is 274 g/mol. The molecule has 0 radical (unpaired) electrons. The van der Waals surface area contributed by atoms with Crippen LogP contribution in [0.1, 0.15) is 28.6 Å². The van der Waals surface area contributed by atoms with Gasteiger partial charge in [0.2, 0.25) is 0 Å². The van der Waals surface area contributed by atoms with E-state index in [1.54, 1.807) is 0 Å². The minimum atomic E-state index is 0.319. The smallest absolute Gasteiger partial charge is 0.0925 e. The molecule has 0 aliphatic carbocycles. The second-order valence-electron chi connectivity index (χ2n) is 5.88. The van der Waals surface area contributed by atoms with Crippen LogP contribution in [0.15, 0.2) is 48.9 Å². The average Bonchev–Trinajstić information content (AvgIpc) is 3.16. The highest BCUT2D eigenvalue weighted by molar-refractivity contribution is 5.33. The van der Waals surface area contributed by atoms with E-state index in [0.29, 0.717) is 5.92 Å². The van der Waals surface area contributed by atoms with E-state index in [1.807, 2.05) is 24.3 Å². The van der Waals surface area contributed by atoms with Crippen molar-refractivity contribution in [1.82, 2.24) is 24.6 Å². The molecule has 5 heteroatoms. The molecule has 1 N–H and O–H groups in total. The third kappa shape index (κ3) is 2.44. The summed E-state index contributed by atoms with van der Waals surface area (Å²) in [6.07, 6.45) is 3.81. The van der Waals surface area contributed by atoms with Gasteiger partial charge >= 0.3 is 0 Å². The van der Waals surface area contributed by atoms with Gasteiger partial charge < -0.3 is 4.98 Å². The van der Waals surface area contributed by atoms with Crippen molar-refractivity contribution in [2.24, 2.45) is 7.05 Å². The van der Waals surface area contributed by atoms with Gasteiger partial charge in [0.25, 0.3) is 0 Å². The van der Waals surface area contributed by atoms with Crippen molar-refractivity contribution in [1.29, 1.82) is 0 Å². The summed E-state index contributed by atoms with van der Waals surface area (Å²) in [6, 6.07) is 12.7. The van der Waals surface area contributed by atoms with Crippen molar-refractivity contribution in [3.05, 3.63) is 71.6 Å². The zero-order valence-electron chi connectivity index (χ0n) is 12.6. The SMILES string of the molecule is Cn1ccc(CN2Cc3[nH]cnc3C(c3ccccc3)C2)n1. The van der Waals surface area contributed by atoms with Crippen molar-refractivity contribution in [3.63, 3.8) is 0 Å². The third-order valence-electron chi connectivity index (χ3n) is 4.26. The predicted octanol–water partition coefficient (Wildman–Crippen LogP) is 2.29. The monoisotopic (exact) mass is 293 g/mol. The zero-order chi connectivity index (χ0) is 14.9. The van der Waals surface area contributed by atoms with Gasteiger partial charge in [-0.1, -0.05) is 30.3 Å². The highest BCUT2D eigenvalue weighted by Crippen LogP contribution is 2.31. The Morgan fingerprint density at radius 3 is 2.86 bits per heavy atom. The van der Waals surface area contributed by atoms with E-state index in [0.717, 1.165) is 25.3 Å². The van der Waals surface area contributed by atoms with Gasteiger partial charge in [0.1, 0.15) is 0 Å².